The second-order valence-corrected chi connectivity index (χ2v) is 3.11. The van der Waals surface area contributed by atoms with E-state index in [0.717, 1.165) is 0 Å². The average Bonchev–Trinajstić information content (AvgIpc) is 2.12. The van der Waals surface area contributed by atoms with Crippen molar-refractivity contribution in [2.75, 3.05) is 19.8 Å². The first-order valence-corrected chi connectivity index (χ1v) is 4.12. The number of rotatable bonds is 0. The molecule has 0 bridgehead atoms. The highest BCUT2D eigenvalue weighted by Gasteiger charge is 2.40. The molecule has 12 heavy (non-hydrogen) atoms. The highest BCUT2D eigenvalue weighted by molar-refractivity contribution is 4.90. The molecule has 4 atom stereocenters. The first-order valence-electron chi connectivity index (χ1n) is 4.12. The van der Waals surface area contributed by atoms with Crippen LogP contribution in [0.2, 0.25) is 0 Å². The van der Waals surface area contributed by atoms with Crippen LogP contribution in [0.3, 0.4) is 0 Å². The van der Waals surface area contributed by atoms with Crippen LogP contribution >= 0.6 is 0 Å². The zero-order chi connectivity index (χ0) is 8.55. The van der Waals surface area contributed by atoms with Crippen molar-refractivity contribution in [3.8, 4) is 0 Å². The van der Waals surface area contributed by atoms with Gasteiger partial charge in [-0.1, -0.05) is 0 Å². The predicted molar refractivity (Wildman–Crippen MR) is 39.5 cm³/mol. The normalized spacial score (nSPS) is 48.5. The monoisotopic (exact) mass is 175 g/mol. The number of nitrogens with one attached hydrogen (secondary N) is 1. The van der Waals surface area contributed by atoms with Gasteiger partial charge in [0, 0.05) is 6.54 Å². The quantitative estimate of drug-likeness (QED) is 0.399. The van der Waals surface area contributed by atoms with Gasteiger partial charge in [0.1, 0.15) is 12.2 Å². The minimum absolute atomic E-state index is 0.143. The lowest BCUT2D eigenvalue weighted by molar-refractivity contribution is -0.246. The summed E-state index contributed by atoms with van der Waals surface area (Å²) in [6, 6.07) is -0.289. The minimum Gasteiger partial charge on any atom is -0.388 e. The van der Waals surface area contributed by atoms with Gasteiger partial charge in [0.05, 0.1) is 19.3 Å². The van der Waals surface area contributed by atoms with Crippen molar-refractivity contribution in [1.29, 1.82) is 0 Å². The van der Waals surface area contributed by atoms with Crippen molar-refractivity contribution < 1.29 is 19.7 Å². The number of fused-ring (bicyclic) bond motifs is 1. The molecule has 2 aliphatic rings. The number of hydrogen-bond donors (Lipinski definition) is 3. The van der Waals surface area contributed by atoms with Crippen LogP contribution in [0.15, 0.2) is 0 Å². The molecule has 2 aliphatic heterocycles. The van der Waals surface area contributed by atoms with Crippen molar-refractivity contribution in [3.05, 3.63) is 0 Å². The number of aliphatic hydroxyl groups is 2. The maximum Gasteiger partial charge on any atom is 0.175 e. The van der Waals surface area contributed by atoms with E-state index >= 15 is 0 Å². The standard InChI is InChI=1S/C7H13NO4/c9-4-3-12-7-5(6(4)10)8-1-2-11-7/h4-10H,1-3H2. The Morgan fingerprint density at radius 2 is 2.08 bits per heavy atom. The molecule has 2 heterocycles. The van der Waals surface area contributed by atoms with Crippen molar-refractivity contribution in [2.45, 2.75) is 24.5 Å². The Hall–Kier alpha value is -0.200. The molecule has 70 valence electrons. The number of morpholine rings is 1. The summed E-state index contributed by atoms with van der Waals surface area (Å²) >= 11 is 0. The summed E-state index contributed by atoms with van der Waals surface area (Å²) in [7, 11) is 0. The van der Waals surface area contributed by atoms with E-state index in [9.17, 15) is 10.2 Å². The lowest BCUT2D eigenvalue weighted by atomic mass is 10.0. The van der Waals surface area contributed by atoms with Gasteiger partial charge in [0.15, 0.2) is 6.29 Å². The Kier molecular flexibility index (Phi) is 2.29. The fourth-order valence-corrected chi connectivity index (χ4v) is 1.57. The molecule has 0 amide bonds. The summed E-state index contributed by atoms with van der Waals surface area (Å²) in [5, 5.41) is 21.8. The van der Waals surface area contributed by atoms with Gasteiger partial charge in [-0.3, -0.25) is 0 Å². The Labute approximate surface area is 70.3 Å². The van der Waals surface area contributed by atoms with Crippen LogP contribution in [0.4, 0.5) is 0 Å². The Bertz CT molecular complexity index is 163. The molecule has 5 nitrogen and oxygen atoms in total. The summed E-state index contributed by atoms with van der Waals surface area (Å²) in [5.74, 6) is 0. The molecule has 0 aliphatic carbocycles. The van der Waals surface area contributed by atoms with Gasteiger partial charge in [-0.05, 0) is 0 Å². The van der Waals surface area contributed by atoms with Gasteiger partial charge >= 0.3 is 0 Å². The molecule has 2 rings (SSSR count). The smallest absolute Gasteiger partial charge is 0.175 e. The van der Waals surface area contributed by atoms with E-state index in [1.165, 1.54) is 0 Å². The molecule has 0 aromatic heterocycles. The first-order chi connectivity index (χ1) is 5.79. The van der Waals surface area contributed by atoms with Crippen LogP contribution in [-0.4, -0.2) is 54.5 Å². The second kappa shape index (κ2) is 3.27. The largest absolute Gasteiger partial charge is 0.388 e. The third kappa shape index (κ3) is 1.34. The van der Waals surface area contributed by atoms with Crippen LogP contribution < -0.4 is 5.32 Å². The minimum atomic E-state index is -0.805. The number of aliphatic hydroxyl groups excluding tert-OH is 2. The van der Waals surface area contributed by atoms with Crippen molar-refractivity contribution in [3.63, 3.8) is 0 Å². The summed E-state index contributed by atoms with van der Waals surface area (Å²) < 4.78 is 10.4. The third-order valence-corrected chi connectivity index (χ3v) is 2.25. The van der Waals surface area contributed by atoms with Gasteiger partial charge in [0.2, 0.25) is 0 Å². The van der Waals surface area contributed by atoms with Crippen LogP contribution in [0.1, 0.15) is 0 Å². The topological polar surface area (TPSA) is 71.0 Å². The number of hydrogen-bond acceptors (Lipinski definition) is 5. The molecule has 0 spiro atoms. The van der Waals surface area contributed by atoms with E-state index in [2.05, 4.69) is 5.32 Å². The molecule has 2 fully saturated rings. The molecule has 4 unspecified atom stereocenters. The Morgan fingerprint density at radius 1 is 1.25 bits per heavy atom. The molecule has 0 radical (unpaired) electrons. The zero-order valence-electron chi connectivity index (χ0n) is 6.64. The highest BCUT2D eigenvalue weighted by Crippen LogP contribution is 2.18. The van der Waals surface area contributed by atoms with Crippen molar-refractivity contribution in [2.24, 2.45) is 0 Å². The summed E-state index contributed by atoms with van der Waals surface area (Å²) in [6.07, 6.45) is -2.00. The Balaban J connectivity index is 2.03. The van der Waals surface area contributed by atoms with E-state index in [-0.39, 0.29) is 12.6 Å². The molecule has 5 heteroatoms. The molecular formula is C7H13NO4. The SMILES string of the molecule is OC1COC2OCCNC2C1O. The fourth-order valence-electron chi connectivity index (χ4n) is 1.57. The maximum absolute atomic E-state index is 9.50. The van der Waals surface area contributed by atoms with Crippen LogP contribution in [-0.2, 0) is 9.47 Å². The molecule has 0 aromatic rings. The summed E-state index contributed by atoms with van der Waals surface area (Å²) in [4.78, 5) is 0. The molecule has 0 aromatic carbocycles. The third-order valence-electron chi connectivity index (χ3n) is 2.25. The van der Waals surface area contributed by atoms with Gasteiger partial charge in [-0.15, -0.1) is 0 Å². The maximum atomic E-state index is 9.50. The zero-order valence-corrected chi connectivity index (χ0v) is 6.64. The molecule has 0 saturated carbocycles. The number of ether oxygens (including phenoxy) is 2. The average molecular weight is 175 g/mol. The van der Waals surface area contributed by atoms with Crippen LogP contribution in [0, 0.1) is 0 Å². The second-order valence-electron chi connectivity index (χ2n) is 3.11. The molecule has 2 saturated heterocycles. The van der Waals surface area contributed by atoms with E-state index in [0.29, 0.717) is 13.2 Å². The summed E-state index contributed by atoms with van der Waals surface area (Å²) in [6.45, 7) is 1.42. The summed E-state index contributed by atoms with van der Waals surface area (Å²) in [5.41, 5.74) is 0. The van der Waals surface area contributed by atoms with Crippen LogP contribution in [0.25, 0.3) is 0 Å². The van der Waals surface area contributed by atoms with Crippen molar-refractivity contribution in [1.82, 2.24) is 5.32 Å². The van der Waals surface area contributed by atoms with E-state index in [1.54, 1.807) is 0 Å². The Morgan fingerprint density at radius 3 is 2.92 bits per heavy atom. The van der Waals surface area contributed by atoms with Gasteiger partial charge in [-0.25, -0.2) is 0 Å². The van der Waals surface area contributed by atoms with E-state index in [4.69, 9.17) is 9.47 Å². The van der Waals surface area contributed by atoms with Gasteiger partial charge in [0.25, 0.3) is 0 Å². The predicted octanol–water partition coefficient (Wildman–Crippen LogP) is -1.95. The lowest BCUT2D eigenvalue weighted by Gasteiger charge is -2.41. The fraction of sp³-hybridized carbons (Fsp3) is 1.00. The lowest BCUT2D eigenvalue weighted by Crippen LogP contribution is -2.63. The van der Waals surface area contributed by atoms with Gasteiger partial charge in [-0.2, -0.15) is 0 Å². The van der Waals surface area contributed by atoms with E-state index < -0.39 is 18.5 Å². The van der Waals surface area contributed by atoms with Crippen LogP contribution in [0.5, 0.6) is 0 Å². The molecule has 3 N–H and O–H groups in total. The van der Waals surface area contributed by atoms with Crippen molar-refractivity contribution >= 4 is 0 Å². The molecular weight excluding hydrogens is 162 g/mol. The highest BCUT2D eigenvalue weighted by atomic mass is 16.7. The van der Waals surface area contributed by atoms with Gasteiger partial charge < -0.3 is 25.0 Å². The van der Waals surface area contributed by atoms with E-state index in [1.807, 2.05) is 0 Å². The first kappa shape index (κ1) is 8.40.